The van der Waals surface area contributed by atoms with Crippen LogP contribution in [0, 0.1) is 11.3 Å². The molecule has 1 aromatic carbocycles. The predicted molar refractivity (Wildman–Crippen MR) is 109 cm³/mol. The second kappa shape index (κ2) is 9.92. The van der Waals surface area contributed by atoms with Gasteiger partial charge < -0.3 is 15.4 Å². The van der Waals surface area contributed by atoms with Crippen molar-refractivity contribution in [2.24, 2.45) is 5.92 Å². The van der Waals surface area contributed by atoms with E-state index in [9.17, 15) is 22.8 Å². The van der Waals surface area contributed by atoms with E-state index in [0.29, 0.717) is 10.4 Å². The molecule has 0 radical (unpaired) electrons. The van der Waals surface area contributed by atoms with Crippen LogP contribution in [-0.4, -0.2) is 36.6 Å². The fourth-order valence-corrected chi connectivity index (χ4v) is 3.83. The number of hydrogen-bond donors (Lipinski definition) is 4. The molecule has 0 aliphatic carbocycles. The zero-order valence-electron chi connectivity index (χ0n) is 16.3. The molecule has 166 valence electrons. The first-order valence-corrected chi connectivity index (χ1v) is 10.3. The van der Waals surface area contributed by atoms with Crippen molar-refractivity contribution in [2.45, 2.75) is 31.8 Å². The second-order valence-corrected chi connectivity index (χ2v) is 8.01. The first-order chi connectivity index (χ1) is 14.7. The predicted octanol–water partition coefficient (Wildman–Crippen LogP) is 3.16. The van der Waals surface area contributed by atoms with Crippen molar-refractivity contribution in [2.75, 3.05) is 6.54 Å². The van der Waals surface area contributed by atoms with Crippen molar-refractivity contribution in [3.63, 3.8) is 0 Å². The molecule has 1 aliphatic heterocycles. The molecule has 2 amide bonds. The fraction of sp³-hybridized carbons (Fsp3) is 0.350. The number of rotatable bonds is 6. The monoisotopic (exact) mass is 454 g/mol. The van der Waals surface area contributed by atoms with E-state index < -0.39 is 30.1 Å². The first-order valence-electron chi connectivity index (χ1n) is 9.44. The lowest BCUT2D eigenvalue weighted by atomic mass is 10.1. The second-order valence-electron chi connectivity index (χ2n) is 7.02. The Morgan fingerprint density at radius 3 is 2.68 bits per heavy atom. The van der Waals surface area contributed by atoms with Gasteiger partial charge in [0.05, 0.1) is 18.5 Å². The number of alkyl carbamates (subject to hydrolysis) is 1. The van der Waals surface area contributed by atoms with Gasteiger partial charge in [-0.25, -0.2) is 4.79 Å². The molecule has 0 bridgehead atoms. The van der Waals surface area contributed by atoms with E-state index in [1.807, 2.05) is 30.3 Å². The van der Waals surface area contributed by atoms with Crippen molar-refractivity contribution in [1.29, 1.82) is 5.41 Å². The molecule has 4 N–H and O–H groups in total. The van der Waals surface area contributed by atoms with Gasteiger partial charge >= 0.3 is 12.3 Å². The van der Waals surface area contributed by atoms with Gasteiger partial charge in [-0.2, -0.15) is 13.2 Å². The van der Waals surface area contributed by atoms with Crippen molar-refractivity contribution < 1.29 is 27.5 Å². The molecule has 1 saturated heterocycles. The van der Waals surface area contributed by atoms with Gasteiger partial charge in [0.2, 0.25) is 5.91 Å². The number of amidine groups is 1. The number of amides is 2. The third-order valence-electron chi connectivity index (χ3n) is 4.73. The molecule has 0 saturated carbocycles. The van der Waals surface area contributed by atoms with Gasteiger partial charge in [0, 0.05) is 22.4 Å². The summed E-state index contributed by atoms with van der Waals surface area (Å²) < 4.78 is 43.2. The summed E-state index contributed by atoms with van der Waals surface area (Å²) in [5, 5.41) is 17.1. The summed E-state index contributed by atoms with van der Waals surface area (Å²) in [5.41, 5.74) is 1.25. The Morgan fingerprint density at radius 2 is 2.00 bits per heavy atom. The van der Waals surface area contributed by atoms with E-state index >= 15 is 0 Å². The minimum absolute atomic E-state index is 0.0747. The molecular formula is C20H21F3N4O3S. The van der Waals surface area contributed by atoms with Gasteiger partial charge in [0.25, 0.3) is 0 Å². The summed E-state index contributed by atoms with van der Waals surface area (Å²) >= 11 is 1.26. The van der Waals surface area contributed by atoms with Gasteiger partial charge in [-0.3, -0.25) is 15.5 Å². The van der Waals surface area contributed by atoms with Gasteiger partial charge in [-0.1, -0.05) is 30.3 Å². The lowest BCUT2D eigenvalue weighted by Gasteiger charge is -2.13. The van der Waals surface area contributed by atoms with E-state index in [2.05, 4.69) is 16.0 Å². The quantitative estimate of drug-likeness (QED) is 0.398. The van der Waals surface area contributed by atoms with Crippen molar-refractivity contribution in [3.8, 4) is 0 Å². The Balaban J connectivity index is 1.42. The Labute approximate surface area is 180 Å². The Hall–Kier alpha value is -2.92. The first kappa shape index (κ1) is 22.8. The SMILES string of the molecule is N=C(NC(=O)OCc1ccccc1)c1csc(CNC(=O)[C@@H]2C[C@H](C(F)(F)F)CN2)c1. The minimum Gasteiger partial charge on any atom is -0.444 e. The highest BCUT2D eigenvalue weighted by atomic mass is 32.1. The van der Waals surface area contributed by atoms with Crippen LogP contribution < -0.4 is 16.0 Å². The van der Waals surface area contributed by atoms with Crippen LogP contribution >= 0.6 is 11.3 Å². The molecule has 11 heteroatoms. The number of benzene rings is 1. The molecule has 7 nitrogen and oxygen atoms in total. The van der Waals surface area contributed by atoms with Crippen LogP contribution in [0.15, 0.2) is 41.8 Å². The Bertz CT molecular complexity index is 933. The molecule has 3 rings (SSSR count). The average Bonchev–Trinajstić information content (AvgIpc) is 3.41. The van der Waals surface area contributed by atoms with Crippen molar-refractivity contribution >= 4 is 29.2 Å². The molecule has 2 aromatic rings. The third-order valence-corrected chi connectivity index (χ3v) is 5.67. The Morgan fingerprint density at radius 1 is 1.26 bits per heavy atom. The normalized spacial score (nSPS) is 18.4. The molecule has 2 atom stereocenters. The summed E-state index contributed by atoms with van der Waals surface area (Å²) in [4.78, 5) is 24.7. The topological polar surface area (TPSA) is 103 Å². The van der Waals surface area contributed by atoms with E-state index in [1.54, 1.807) is 11.4 Å². The smallest absolute Gasteiger partial charge is 0.413 e. The maximum absolute atomic E-state index is 12.7. The maximum Gasteiger partial charge on any atom is 0.413 e. The van der Waals surface area contributed by atoms with Crippen LogP contribution in [0.25, 0.3) is 0 Å². The van der Waals surface area contributed by atoms with Crippen molar-refractivity contribution in [3.05, 3.63) is 57.8 Å². The molecule has 1 aliphatic rings. The number of nitrogens with one attached hydrogen (secondary N) is 4. The highest BCUT2D eigenvalue weighted by molar-refractivity contribution is 7.10. The third kappa shape index (κ3) is 6.53. The lowest BCUT2D eigenvalue weighted by Crippen LogP contribution is -2.39. The number of halogens is 3. The number of ether oxygens (including phenoxy) is 1. The van der Waals surface area contributed by atoms with Gasteiger partial charge in [-0.05, 0) is 18.1 Å². The molecule has 0 spiro atoms. The summed E-state index contributed by atoms with van der Waals surface area (Å²) in [6, 6.07) is 9.84. The van der Waals surface area contributed by atoms with Gasteiger partial charge in [0.15, 0.2) is 0 Å². The standard InChI is InChI=1S/C20H21F3N4O3S/c21-20(22,23)14-7-16(25-8-14)18(28)26-9-15-6-13(11-31-15)17(24)27-19(29)30-10-12-4-2-1-3-5-12/h1-6,11,14,16,25H,7-10H2,(H,26,28)(H2,24,27,29)/t14-,16-/m0/s1. The fourth-order valence-electron chi connectivity index (χ4n) is 3.02. The largest absolute Gasteiger partial charge is 0.444 e. The lowest BCUT2D eigenvalue weighted by molar-refractivity contribution is -0.169. The van der Waals surface area contributed by atoms with E-state index in [0.717, 1.165) is 5.56 Å². The average molecular weight is 454 g/mol. The number of carbonyl (C=O) groups excluding carboxylic acids is 2. The zero-order valence-corrected chi connectivity index (χ0v) is 17.1. The van der Waals surface area contributed by atoms with Crippen molar-refractivity contribution in [1.82, 2.24) is 16.0 Å². The highest BCUT2D eigenvalue weighted by Crippen LogP contribution is 2.32. The van der Waals surface area contributed by atoms with Gasteiger partial charge in [-0.15, -0.1) is 11.3 Å². The summed E-state index contributed by atoms with van der Waals surface area (Å²) in [6.07, 6.45) is -5.37. The zero-order chi connectivity index (χ0) is 22.4. The number of carbonyl (C=O) groups is 2. The molecular weight excluding hydrogens is 433 g/mol. The van der Waals surface area contributed by atoms with Crippen LogP contribution in [0.5, 0.6) is 0 Å². The molecule has 31 heavy (non-hydrogen) atoms. The Kier molecular flexibility index (Phi) is 7.29. The van der Waals surface area contributed by atoms with E-state index in [4.69, 9.17) is 10.1 Å². The van der Waals surface area contributed by atoms with E-state index in [1.165, 1.54) is 11.3 Å². The number of alkyl halides is 3. The van der Waals surface area contributed by atoms with Gasteiger partial charge in [0.1, 0.15) is 12.4 Å². The van der Waals surface area contributed by atoms with Crippen LogP contribution in [-0.2, 0) is 22.7 Å². The minimum atomic E-state index is -4.32. The van der Waals surface area contributed by atoms with Crippen LogP contribution in [0.3, 0.4) is 0 Å². The van der Waals surface area contributed by atoms with Crippen LogP contribution in [0.4, 0.5) is 18.0 Å². The number of thiophene rings is 1. The molecule has 1 fully saturated rings. The summed E-state index contributed by atoms with van der Waals surface area (Å²) in [5.74, 6) is -2.18. The summed E-state index contributed by atoms with van der Waals surface area (Å²) in [6.45, 7) is -0.0801. The van der Waals surface area contributed by atoms with Crippen LogP contribution in [0.2, 0.25) is 0 Å². The maximum atomic E-state index is 12.7. The number of hydrogen-bond acceptors (Lipinski definition) is 6. The molecule has 1 aromatic heterocycles. The van der Waals surface area contributed by atoms with Crippen LogP contribution in [0.1, 0.15) is 22.4 Å². The van der Waals surface area contributed by atoms with E-state index in [-0.39, 0.29) is 32.0 Å². The molecule has 0 unspecified atom stereocenters. The molecule has 2 heterocycles. The summed E-state index contributed by atoms with van der Waals surface area (Å²) in [7, 11) is 0. The highest BCUT2D eigenvalue weighted by Gasteiger charge is 2.45.